The molecular formula is C30H29F4N5O. The molecule has 0 saturated heterocycles. The molecule has 0 aliphatic heterocycles. The second kappa shape index (κ2) is 10.9. The molecule has 1 saturated carbocycles. The fourth-order valence-electron chi connectivity index (χ4n) is 4.81. The second-order valence-corrected chi connectivity index (χ2v) is 10.2. The lowest BCUT2D eigenvalue weighted by molar-refractivity contribution is -0.141. The molecule has 5 N–H and O–H groups in total. The van der Waals surface area contributed by atoms with E-state index in [0.29, 0.717) is 29.5 Å². The van der Waals surface area contributed by atoms with Gasteiger partial charge in [0.15, 0.2) is 5.69 Å². The molecule has 1 amide bonds. The van der Waals surface area contributed by atoms with Crippen molar-refractivity contribution in [3.8, 4) is 5.69 Å². The van der Waals surface area contributed by atoms with Crippen LogP contribution in [0.25, 0.3) is 5.69 Å². The zero-order chi connectivity index (χ0) is 28.5. The van der Waals surface area contributed by atoms with Crippen molar-refractivity contribution in [3.63, 3.8) is 0 Å². The lowest BCUT2D eigenvalue weighted by Gasteiger charge is -2.31. The molecule has 4 aromatic rings. The lowest BCUT2D eigenvalue weighted by Crippen LogP contribution is -2.38. The van der Waals surface area contributed by atoms with Crippen LogP contribution in [0.5, 0.6) is 0 Å². The fourth-order valence-corrected chi connectivity index (χ4v) is 4.81. The van der Waals surface area contributed by atoms with Gasteiger partial charge in [0.1, 0.15) is 11.5 Å². The van der Waals surface area contributed by atoms with Crippen LogP contribution in [0.4, 0.5) is 23.2 Å². The van der Waals surface area contributed by atoms with E-state index in [2.05, 4.69) is 10.4 Å². The third kappa shape index (κ3) is 5.78. The van der Waals surface area contributed by atoms with Crippen LogP contribution < -0.4 is 16.8 Å². The Morgan fingerprint density at radius 1 is 0.975 bits per heavy atom. The number of benzene rings is 3. The summed E-state index contributed by atoms with van der Waals surface area (Å²) in [5, 5.41) is 6.08. The molecule has 1 fully saturated rings. The number of nitrogens with one attached hydrogen (secondary N) is 1. The van der Waals surface area contributed by atoms with Gasteiger partial charge in [-0.2, -0.15) is 18.3 Å². The average molecular weight is 552 g/mol. The predicted molar refractivity (Wildman–Crippen MR) is 144 cm³/mol. The molecule has 1 unspecified atom stereocenters. The van der Waals surface area contributed by atoms with Crippen LogP contribution in [-0.4, -0.2) is 15.7 Å². The summed E-state index contributed by atoms with van der Waals surface area (Å²) in [6, 6.07) is 20.7. The van der Waals surface area contributed by atoms with Crippen LogP contribution in [0, 0.1) is 11.7 Å². The van der Waals surface area contributed by atoms with Gasteiger partial charge in [-0.15, -0.1) is 0 Å². The Balaban J connectivity index is 1.51. The highest BCUT2D eigenvalue weighted by Crippen LogP contribution is 2.40. The van der Waals surface area contributed by atoms with Gasteiger partial charge in [-0.1, -0.05) is 61.4 Å². The van der Waals surface area contributed by atoms with Gasteiger partial charge < -0.3 is 16.8 Å². The van der Waals surface area contributed by atoms with Crippen LogP contribution in [0.3, 0.4) is 0 Å². The highest BCUT2D eigenvalue weighted by Gasteiger charge is 2.37. The monoisotopic (exact) mass is 551 g/mol. The molecule has 5 rings (SSSR count). The Morgan fingerprint density at radius 2 is 1.73 bits per heavy atom. The number of nitrogens with two attached hydrogens (primary N) is 2. The number of alkyl halides is 3. The first-order valence-corrected chi connectivity index (χ1v) is 13.0. The first-order chi connectivity index (χ1) is 19.1. The molecule has 1 heterocycles. The summed E-state index contributed by atoms with van der Waals surface area (Å²) in [5.41, 5.74) is 12.1. The van der Waals surface area contributed by atoms with Gasteiger partial charge in [-0.05, 0) is 59.7 Å². The standard InChI is InChI=1S/C30H29F4N5O/c31-24-12-11-22(29(36,14-13-19-9-10-19)21-6-2-1-3-7-21)16-25(24)37-28(40)26-17-27(30(32,33)34)38-39(26)23-8-4-5-20(15-23)18-35/h1-8,11-12,15-17,19H,9-10,13-14,18,35-36H2,(H,37,40). The fraction of sp³-hybridized carbons (Fsp3) is 0.267. The van der Waals surface area contributed by atoms with Crippen molar-refractivity contribution in [1.29, 1.82) is 0 Å². The van der Waals surface area contributed by atoms with E-state index in [9.17, 15) is 18.0 Å². The third-order valence-electron chi connectivity index (χ3n) is 7.29. The number of hydrogen-bond donors (Lipinski definition) is 3. The summed E-state index contributed by atoms with van der Waals surface area (Å²) >= 11 is 0. The molecule has 0 bridgehead atoms. The van der Waals surface area contributed by atoms with E-state index >= 15 is 4.39 Å². The van der Waals surface area contributed by atoms with Crippen LogP contribution >= 0.6 is 0 Å². The summed E-state index contributed by atoms with van der Waals surface area (Å²) in [7, 11) is 0. The van der Waals surface area contributed by atoms with Crippen molar-refractivity contribution in [2.24, 2.45) is 17.4 Å². The van der Waals surface area contributed by atoms with E-state index in [1.54, 1.807) is 18.2 Å². The van der Waals surface area contributed by atoms with Crippen LogP contribution in [-0.2, 0) is 18.3 Å². The van der Waals surface area contributed by atoms with Crippen LogP contribution in [0.2, 0.25) is 0 Å². The van der Waals surface area contributed by atoms with E-state index in [1.807, 2.05) is 30.3 Å². The molecule has 6 nitrogen and oxygen atoms in total. The number of aromatic nitrogens is 2. The Labute approximate surface area is 229 Å². The highest BCUT2D eigenvalue weighted by atomic mass is 19.4. The molecule has 3 aromatic carbocycles. The molecule has 208 valence electrons. The van der Waals surface area contributed by atoms with Crippen molar-refractivity contribution in [3.05, 3.63) is 113 Å². The summed E-state index contributed by atoms with van der Waals surface area (Å²) in [6.45, 7) is 0.143. The number of carbonyl (C=O) groups is 1. The minimum absolute atomic E-state index is 0.143. The van der Waals surface area contributed by atoms with E-state index in [4.69, 9.17) is 11.5 Å². The summed E-state index contributed by atoms with van der Waals surface area (Å²) < 4.78 is 56.6. The first kappa shape index (κ1) is 27.5. The first-order valence-electron chi connectivity index (χ1n) is 13.0. The number of amides is 1. The summed E-state index contributed by atoms with van der Waals surface area (Å²) in [6.07, 6.45) is -0.992. The number of anilines is 1. The van der Waals surface area contributed by atoms with Crippen molar-refractivity contribution in [1.82, 2.24) is 9.78 Å². The minimum Gasteiger partial charge on any atom is -0.326 e. The number of nitrogens with zero attached hydrogens (tertiary/aromatic N) is 2. The summed E-state index contributed by atoms with van der Waals surface area (Å²) in [5.74, 6) is -1.10. The third-order valence-corrected chi connectivity index (χ3v) is 7.29. The van der Waals surface area contributed by atoms with Crippen molar-refractivity contribution in [2.45, 2.75) is 43.9 Å². The van der Waals surface area contributed by atoms with Crippen molar-refractivity contribution < 1.29 is 22.4 Å². The second-order valence-electron chi connectivity index (χ2n) is 10.2. The molecule has 40 heavy (non-hydrogen) atoms. The van der Waals surface area contributed by atoms with Crippen LogP contribution in [0.15, 0.2) is 78.9 Å². The van der Waals surface area contributed by atoms with Gasteiger partial charge in [0.25, 0.3) is 5.91 Å². The quantitative estimate of drug-likeness (QED) is 0.218. The topological polar surface area (TPSA) is 99.0 Å². The number of hydrogen-bond acceptors (Lipinski definition) is 4. The number of rotatable bonds is 9. The Kier molecular flexibility index (Phi) is 7.48. The van der Waals surface area contributed by atoms with Crippen LogP contribution in [0.1, 0.15) is 58.6 Å². The smallest absolute Gasteiger partial charge is 0.326 e. The van der Waals surface area contributed by atoms with Gasteiger partial charge in [0.2, 0.25) is 0 Å². The normalized spacial score (nSPS) is 15.1. The van der Waals surface area contributed by atoms with Gasteiger partial charge in [-0.25, -0.2) is 9.07 Å². The van der Waals surface area contributed by atoms with Crippen molar-refractivity contribution >= 4 is 11.6 Å². The zero-order valence-corrected chi connectivity index (χ0v) is 21.6. The lowest BCUT2D eigenvalue weighted by atomic mass is 9.79. The number of carbonyl (C=O) groups excluding carboxylic acids is 1. The maximum absolute atomic E-state index is 15.0. The van der Waals surface area contributed by atoms with E-state index in [0.717, 1.165) is 29.5 Å². The van der Waals surface area contributed by atoms with Gasteiger partial charge in [0.05, 0.1) is 16.9 Å². The molecule has 1 aromatic heterocycles. The van der Waals surface area contributed by atoms with Gasteiger partial charge in [-0.3, -0.25) is 4.79 Å². The molecule has 1 atom stereocenters. The van der Waals surface area contributed by atoms with E-state index in [1.165, 1.54) is 24.3 Å². The number of halogens is 4. The van der Waals surface area contributed by atoms with Gasteiger partial charge >= 0.3 is 6.18 Å². The zero-order valence-electron chi connectivity index (χ0n) is 21.6. The minimum atomic E-state index is -4.80. The van der Waals surface area contributed by atoms with E-state index in [-0.39, 0.29) is 17.9 Å². The Bertz CT molecular complexity index is 1510. The maximum Gasteiger partial charge on any atom is 0.435 e. The van der Waals surface area contributed by atoms with Gasteiger partial charge in [0, 0.05) is 12.6 Å². The highest BCUT2D eigenvalue weighted by molar-refractivity contribution is 6.03. The Morgan fingerprint density at radius 3 is 2.40 bits per heavy atom. The molecule has 0 radical (unpaired) electrons. The molecule has 10 heteroatoms. The average Bonchev–Trinajstić information content (AvgIpc) is 3.67. The maximum atomic E-state index is 15.0. The van der Waals surface area contributed by atoms with E-state index < -0.39 is 34.8 Å². The predicted octanol–water partition coefficient (Wildman–Crippen LogP) is 6.13. The SMILES string of the molecule is NCc1cccc(-n2nc(C(F)(F)F)cc2C(=O)Nc2cc(C(N)(CCC3CC3)c3ccccc3)ccc2F)c1. The molecule has 0 spiro atoms. The van der Waals surface area contributed by atoms with Crippen molar-refractivity contribution in [2.75, 3.05) is 5.32 Å². The Hall–Kier alpha value is -4.02. The molecule has 1 aliphatic rings. The largest absolute Gasteiger partial charge is 0.435 e. The molecular weight excluding hydrogens is 522 g/mol. The summed E-state index contributed by atoms with van der Waals surface area (Å²) in [4.78, 5) is 13.3. The molecule has 1 aliphatic carbocycles.